The summed E-state index contributed by atoms with van der Waals surface area (Å²) in [6.45, 7) is 0.127. The van der Waals surface area contributed by atoms with E-state index in [-0.39, 0.29) is 13.2 Å². The molecule has 1 aliphatic carbocycles. The van der Waals surface area contributed by atoms with Crippen LogP contribution in [0.3, 0.4) is 0 Å². The lowest BCUT2D eigenvalue weighted by Crippen LogP contribution is -2.26. The van der Waals surface area contributed by atoms with Gasteiger partial charge in [-0.1, -0.05) is 0 Å². The van der Waals surface area contributed by atoms with Crippen molar-refractivity contribution in [3.8, 4) is 0 Å². The van der Waals surface area contributed by atoms with Gasteiger partial charge < -0.3 is 10.8 Å². The summed E-state index contributed by atoms with van der Waals surface area (Å²) < 4.78 is 21.9. The maximum atomic E-state index is 11.0. The van der Waals surface area contributed by atoms with Crippen LogP contribution in [0.4, 0.5) is 0 Å². The third-order valence-corrected chi connectivity index (χ3v) is 4.05. The number of hydrogen-bond donors (Lipinski definition) is 2. The summed E-state index contributed by atoms with van der Waals surface area (Å²) in [4.78, 5) is 0. The SMILES string of the molecule is CS(=O)(=O)[C@H]1C[C@]1(CN)CO. The molecule has 3 N–H and O–H groups in total. The van der Waals surface area contributed by atoms with E-state index >= 15 is 0 Å². The van der Waals surface area contributed by atoms with Crippen molar-refractivity contribution < 1.29 is 13.5 Å². The van der Waals surface area contributed by atoms with Gasteiger partial charge in [-0.2, -0.15) is 0 Å². The summed E-state index contributed by atoms with van der Waals surface area (Å²) in [6, 6.07) is 0. The molecule has 66 valence electrons. The molecule has 0 aromatic rings. The molecule has 11 heavy (non-hydrogen) atoms. The molecule has 0 aromatic carbocycles. The summed E-state index contributed by atoms with van der Waals surface area (Å²) in [6.07, 6.45) is 1.70. The third-order valence-electron chi connectivity index (χ3n) is 2.35. The Morgan fingerprint density at radius 2 is 2.27 bits per heavy atom. The lowest BCUT2D eigenvalue weighted by molar-refractivity contribution is 0.217. The first-order valence-corrected chi connectivity index (χ1v) is 5.41. The van der Waals surface area contributed by atoms with E-state index < -0.39 is 20.5 Å². The fraction of sp³-hybridized carbons (Fsp3) is 1.00. The maximum absolute atomic E-state index is 11.0. The molecule has 1 fully saturated rings. The Kier molecular flexibility index (Phi) is 1.98. The second-order valence-electron chi connectivity index (χ2n) is 3.25. The zero-order valence-corrected chi connectivity index (χ0v) is 7.26. The van der Waals surface area contributed by atoms with E-state index in [0.717, 1.165) is 0 Å². The highest BCUT2D eigenvalue weighted by atomic mass is 32.2. The molecule has 0 amide bonds. The summed E-state index contributed by atoms with van der Waals surface area (Å²) in [5, 5.41) is 8.43. The Bertz CT molecular complexity index is 243. The van der Waals surface area contributed by atoms with Crippen molar-refractivity contribution in [2.45, 2.75) is 11.7 Å². The first kappa shape index (κ1) is 8.96. The summed E-state index contributed by atoms with van der Waals surface area (Å²) in [5.41, 5.74) is 4.82. The monoisotopic (exact) mass is 179 g/mol. The Labute approximate surface area is 66.3 Å². The number of aliphatic hydroxyl groups excluding tert-OH is 1. The van der Waals surface area contributed by atoms with Crippen molar-refractivity contribution in [3.63, 3.8) is 0 Å². The van der Waals surface area contributed by atoms with E-state index in [1.165, 1.54) is 6.26 Å². The van der Waals surface area contributed by atoms with Crippen molar-refractivity contribution in [1.82, 2.24) is 0 Å². The molecule has 0 heterocycles. The van der Waals surface area contributed by atoms with Crippen LogP contribution in [0, 0.1) is 5.41 Å². The smallest absolute Gasteiger partial charge is 0.151 e. The standard InChI is InChI=1S/C6H13NO3S/c1-11(9,10)5-2-6(5,3-7)4-8/h5,8H,2-4,7H2,1H3/t5-,6-/m0/s1. The van der Waals surface area contributed by atoms with E-state index in [4.69, 9.17) is 10.8 Å². The van der Waals surface area contributed by atoms with Crippen molar-refractivity contribution >= 4 is 9.84 Å². The molecule has 1 rings (SSSR count). The quantitative estimate of drug-likeness (QED) is 0.566. The first-order chi connectivity index (χ1) is 4.96. The van der Waals surface area contributed by atoms with Crippen LogP contribution in [-0.4, -0.2) is 38.2 Å². The predicted molar refractivity (Wildman–Crippen MR) is 41.8 cm³/mol. The number of aliphatic hydroxyl groups is 1. The summed E-state index contributed by atoms with van der Waals surface area (Å²) in [5.74, 6) is 0. The number of hydrogen-bond acceptors (Lipinski definition) is 4. The van der Waals surface area contributed by atoms with Gasteiger partial charge in [-0.25, -0.2) is 8.42 Å². The van der Waals surface area contributed by atoms with E-state index in [2.05, 4.69) is 0 Å². The normalized spacial score (nSPS) is 37.2. The fourth-order valence-electron chi connectivity index (χ4n) is 1.36. The van der Waals surface area contributed by atoms with Crippen LogP contribution in [0.2, 0.25) is 0 Å². The molecule has 0 spiro atoms. The molecule has 0 saturated heterocycles. The molecule has 0 aliphatic heterocycles. The Balaban J connectivity index is 2.73. The molecular formula is C6H13NO3S. The minimum absolute atomic E-state index is 0.124. The summed E-state index contributed by atoms with van der Waals surface area (Å²) in [7, 11) is -3.00. The first-order valence-electron chi connectivity index (χ1n) is 3.46. The van der Waals surface area contributed by atoms with Crippen LogP contribution >= 0.6 is 0 Å². The van der Waals surface area contributed by atoms with Gasteiger partial charge >= 0.3 is 0 Å². The van der Waals surface area contributed by atoms with Gasteiger partial charge in [0.05, 0.1) is 11.9 Å². The molecule has 0 bridgehead atoms. The topological polar surface area (TPSA) is 80.4 Å². The fourth-order valence-corrected chi connectivity index (χ4v) is 3.08. The van der Waals surface area contributed by atoms with Crippen LogP contribution in [-0.2, 0) is 9.84 Å². The lowest BCUT2D eigenvalue weighted by Gasteiger charge is -2.08. The van der Waals surface area contributed by atoms with Gasteiger partial charge in [0.2, 0.25) is 0 Å². The Hall–Kier alpha value is -0.130. The van der Waals surface area contributed by atoms with Crippen LogP contribution in [0.1, 0.15) is 6.42 Å². The van der Waals surface area contributed by atoms with Gasteiger partial charge in [0.1, 0.15) is 0 Å². The summed E-state index contributed by atoms with van der Waals surface area (Å²) >= 11 is 0. The molecule has 5 heteroatoms. The molecule has 4 nitrogen and oxygen atoms in total. The molecule has 0 unspecified atom stereocenters. The highest BCUT2D eigenvalue weighted by Crippen LogP contribution is 2.49. The number of sulfone groups is 1. The van der Waals surface area contributed by atoms with Crippen LogP contribution in [0.5, 0.6) is 0 Å². The van der Waals surface area contributed by atoms with E-state index in [0.29, 0.717) is 6.42 Å². The molecule has 0 radical (unpaired) electrons. The van der Waals surface area contributed by atoms with Gasteiger partial charge in [-0.3, -0.25) is 0 Å². The molecular weight excluding hydrogens is 166 g/mol. The van der Waals surface area contributed by atoms with Gasteiger partial charge in [-0.05, 0) is 6.42 Å². The van der Waals surface area contributed by atoms with Crippen LogP contribution in [0.25, 0.3) is 0 Å². The van der Waals surface area contributed by atoms with Crippen molar-refractivity contribution in [3.05, 3.63) is 0 Å². The van der Waals surface area contributed by atoms with Gasteiger partial charge in [0.15, 0.2) is 9.84 Å². The molecule has 1 saturated carbocycles. The Morgan fingerprint density at radius 1 is 1.73 bits per heavy atom. The van der Waals surface area contributed by atoms with E-state index in [1.54, 1.807) is 0 Å². The van der Waals surface area contributed by atoms with Crippen LogP contribution in [0.15, 0.2) is 0 Å². The minimum atomic E-state index is -3.00. The average molecular weight is 179 g/mol. The van der Waals surface area contributed by atoms with Gasteiger partial charge in [0, 0.05) is 18.2 Å². The zero-order valence-electron chi connectivity index (χ0n) is 6.45. The molecule has 1 aliphatic rings. The molecule has 0 aromatic heterocycles. The van der Waals surface area contributed by atoms with Crippen LogP contribution < -0.4 is 5.73 Å². The highest BCUT2D eigenvalue weighted by molar-refractivity contribution is 7.91. The minimum Gasteiger partial charge on any atom is -0.396 e. The van der Waals surface area contributed by atoms with E-state index in [9.17, 15) is 8.42 Å². The third kappa shape index (κ3) is 1.40. The number of nitrogens with two attached hydrogens (primary N) is 1. The van der Waals surface area contributed by atoms with Gasteiger partial charge in [-0.15, -0.1) is 0 Å². The van der Waals surface area contributed by atoms with E-state index in [1.807, 2.05) is 0 Å². The van der Waals surface area contributed by atoms with Crippen molar-refractivity contribution in [2.75, 3.05) is 19.4 Å². The maximum Gasteiger partial charge on any atom is 0.151 e. The highest BCUT2D eigenvalue weighted by Gasteiger charge is 2.58. The lowest BCUT2D eigenvalue weighted by atomic mass is 10.1. The van der Waals surface area contributed by atoms with Crippen molar-refractivity contribution in [1.29, 1.82) is 0 Å². The number of rotatable bonds is 3. The largest absolute Gasteiger partial charge is 0.396 e. The second kappa shape index (κ2) is 2.43. The molecule has 2 atom stereocenters. The average Bonchev–Trinajstić information content (AvgIpc) is 2.61. The second-order valence-corrected chi connectivity index (χ2v) is 5.47. The zero-order chi connectivity index (χ0) is 8.70. The van der Waals surface area contributed by atoms with Gasteiger partial charge in [0.25, 0.3) is 0 Å². The Morgan fingerprint density at radius 3 is 2.36 bits per heavy atom. The van der Waals surface area contributed by atoms with Crippen molar-refractivity contribution in [2.24, 2.45) is 11.1 Å². The predicted octanol–water partition coefficient (Wildman–Crippen LogP) is -1.26.